The highest BCUT2D eigenvalue weighted by atomic mass is 32.2. The highest BCUT2D eigenvalue weighted by molar-refractivity contribution is 7.91. The Labute approximate surface area is 211 Å². The molecule has 10 nitrogen and oxygen atoms in total. The predicted molar refractivity (Wildman–Crippen MR) is 135 cm³/mol. The van der Waals surface area contributed by atoms with E-state index in [0.717, 1.165) is 15.4 Å². The van der Waals surface area contributed by atoms with Gasteiger partial charge in [-0.05, 0) is 30.3 Å². The van der Waals surface area contributed by atoms with Crippen molar-refractivity contribution in [1.29, 1.82) is 0 Å². The summed E-state index contributed by atoms with van der Waals surface area (Å²) in [6, 6.07) is 10.1. The molecule has 0 fully saturated rings. The molecule has 1 aliphatic rings. The molecular weight excluding hydrogens is 500 g/mol. The molecule has 0 unspecified atom stereocenters. The second-order valence-electron chi connectivity index (χ2n) is 8.15. The van der Waals surface area contributed by atoms with Crippen molar-refractivity contribution in [2.45, 2.75) is 16.3 Å². The van der Waals surface area contributed by atoms with Crippen molar-refractivity contribution >= 4 is 44.6 Å². The van der Waals surface area contributed by atoms with Crippen molar-refractivity contribution in [3.8, 4) is 10.6 Å². The summed E-state index contributed by atoms with van der Waals surface area (Å²) in [4.78, 5) is 40.9. The Hall–Kier alpha value is -4.16. The number of nitrogens with one attached hydrogen (secondary N) is 2. The SMILES string of the molecule is CN(C)c1ncc(-c2ncc(CNC(=O)c3ccc4c(c3)NC(=O)c3ccccc3S4(=O)=O)s2)cn1. The van der Waals surface area contributed by atoms with Gasteiger partial charge in [-0.3, -0.25) is 9.59 Å². The maximum Gasteiger partial charge on any atom is 0.257 e. The van der Waals surface area contributed by atoms with E-state index >= 15 is 0 Å². The lowest BCUT2D eigenvalue weighted by molar-refractivity contribution is 0.0949. The zero-order chi connectivity index (χ0) is 25.4. The van der Waals surface area contributed by atoms with Crippen molar-refractivity contribution in [3.63, 3.8) is 0 Å². The number of carbonyl (C=O) groups excluding carboxylic acids is 2. The van der Waals surface area contributed by atoms with Gasteiger partial charge in [0.05, 0.1) is 27.6 Å². The third-order valence-electron chi connectivity index (χ3n) is 5.46. The van der Waals surface area contributed by atoms with Crippen LogP contribution in [0.5, 0.6) is 0 Å². The molecule has 2 N–H and O–H groups in total. The molecule has 36 heavy (non-hydrogen) atoms. The van der Waals surface area contributed by atoms with Crippen molar-refractivity contribution in [2.75, 3.05) is 24.3 Å². The Morgan fingerprint density at radius 1 is 1.03 bits per heavy atom. The summed E-state index contributed by atoms with van der Waals surface area (Å²) in [5.74, 6) is -0.374. The second-order valence-corrected chi connectivity index (χ2v) is 11.1. The van der Waals surface area contributed by atoms with Crippen molar-refractivity contribution in [1.82, 2.24) is 20.3 Å². The Kier molecular flexibility index (Phi) is 5.98. The maximum atomic E-state index is 13.1. The largest absolute Gasteiger partial charge is 0.347 e. The molecule has 5 rings (SSSR count). The van der Waals surface area contributed by atoms with Gasteiger partial charge in [0.15, 0.2) is 0 Å². The fourth-order valence-electron chi connectivity index (χ4n) is 3.65. The number of nitrogens with zero attached hydrogens (tertiary/aromatic N) is 4. The van der Waals surface area contributed by atoms with E-state index in [1.807, 2.05) is 14.1 Å². The van der Waals surface area contributed by atoms with Gasteiger partial charge in [-0.2, -0.15) is 0 Å². The van der Waals surface area contributed by atoms with Gasteiger partial charge in [0.2, 0.25) is 15.8 Å². The molecule has 0 radical (unpaired) electrons. The first-order chi connectivity index (χ1) is 17.2. The van der Waals surface area contributed by atoms with Crippen LogP contribution in [-0.4, -0.2) is 49.3 Å². The Morgan fingerprint density at radius 2 is 1.78 bits per heavy atom. The maximum absolute atomic E-state index is 13.1. The summed E-state index contributed by atoms with van der Waals surface area (Å²) < 4.78 is 26.2. The molecule has 4 aromatic rings. The molecule has 0 saturated carbocycles. The lowest BCUT2D eigenvalue weighted by Crippen LogP contribution is -2.22. The molecule has 12 heteroatoms. The first-order valence-electron chi connectivity index (χ1n) is 10.8. The first kappa shape index (κ1) is 23.6. The number of sulfone groups is 1. The molecule has 0 spiro atoms. The highest BCUT2D eigenvalue weighted by Gasteiger charge is 2.31. The fraction of sp³-hybridized carbons (Fsp3) is 0.125. The van der Waals surface area contributed by atoms with E-state index in [0.29, 0.717) is 5.95 Å². The van der Waals surface area contributed by atoms with Gasteiger partial charge in [-0.25, -0.2) is 23.4 Å². The minimum Gasteiger partial charge on any atom is -0.347 e. The van der Waals surface area contributed by atoms with E-state index in [1.54, 1.807) is 35.6 Å². The van der Waals surface area contributed by atoms with Crippen LogP contribution in [0.2, 0.25) is 0 Å². The zero-order valence-electron chi connectivity index (χ0n) is 19.2. The number of fused-ring (bicyclic) bond motifs is 2. The molecule has 0 saturated heterocycles. The zero-order valence-corrected chi connectivity index (χ0v) is 20.9. The summed E-state index contributed by atoms with van der Waals surface area (Å²) in [7, 11) is -0.222. The minimum atomic E-state index is -3.93. The van der Waals surface area contributed by atoms with Crippen LogP contribution >= 0.6 is 11.3 Å². The van der Waals surface area contributed by atoms with Crippen molar-refractivity contribution < 1.29 is 18.0 Å². The second kappa shape index (κ2) is 9.13. The van der Waals surface area contributed by atoms with Crippen molar-refractivity contribution in [2.24, 2.45) is 0 Å². The smallest absolute Gasteiger partial charge is 0.257 e. The van der Waals surface area contributed by atoms with Gasteiger partial charge >= 0.3 is 0 Å². The van der Waals surface area contributed by atoms with Crippen LogP contribution < -0.4 is 15.5 Å². The molecule has 0 aliphatic carbocycles. The Bertz CT molecular complexity index is 1600. The van der Waals surface area contributed by atoms with Crippen LogP contribution in [0.25, 0.3) is 10.6 Å². The number of carbonyl (C=O) groups is 2. The van der Waals surface area contributed by atoms with E-state index in [4.69, 9.17) is 0 Å². The van der Waals surface area contributed by atoms with Gasteiger partial charge in [-0.1, -0.05) is 12.1 Å². The third kappa shape index (κ3) is 4.32. The lowest BCUT2D eigenvalue weighted by Gasteiger charge is -2.10. The van der Waals surface area contributed by atoms with Gasteiger partial charge in [0, 0.05) is 48.7 Å². The lowest BCUT2D eigenvalue weighted by atomic mass is 10.1. The molecule has 0 bridgehead atoms. The number of amides is 2. The van der Waals surface area contributed by atoms with E-state index in [2.05, 4.69) is 25.6 Å². The van der Waals surface area contributed by atoms with E-state index in [9.17, 15) is 18.0 Å². The predicted octanol–water partition coefficient (Wildman–Crippen LogP) is 2.99. The Morgan fingerprint density at radius 3 is 2.53 bits per heavy atom. The fourth-order valence-corrected chi connectivity index (χ4v) is 6.07. The topological polar surface area (TPSA) is 134 Å². The number of thiazole rings is 1. The average Bonchev–Trinajstić information content (AvgIpc) is 3.33. The molecule has 182 valence electrons. The minimum absolute atomic E-state index is 0.0578. The molecule has 2 amide bonds. The number of rotatable bonds is 5. The molecule has 3 heterocycles. The molecule has 0 atom stereocenters. The number of benzene rings is 2. The summed E-state index contributed by atoms with van der Waals surface area (Å²) in [5.41, 5.74) is 1.10. The molecule has 1 aliphatic heterocycles. The summed E-state index contributed by atoms with van der Waals surface area (Å²) in [6.45, 7) is 0.223. The monoisotopic (exact) mass is 520 g/mol. The number of aromatic nitrogens is 3. The first-order valence-corrected chi connectivity index (χ1v) is 13.1. The molecular formula is C24H20N6O4S2. The summed E-state index contributed by atoms with van der Waals surface area (Å²) >= 11 is 1.40. The normalized spacial score (nSPS) is 13.7. The number of hydrogen-bond donors (Lipinski definition) is 2. The highest BCUT2D eigenvalue weighted by Crippen LogP contribution is 2.34. The Balaban J connectivity index is 1.32. The molecule has 2 aromatic carbocycles. The van der Waals surface area contributed by atoms with Gasteiger partial charge in [-0.15, -0.1) is 11.3 Å². The van der Waals surface area contributed by atoms with E-state index in [-0.39, 0.29) is 33.2 Å². The molecule has 2 aromatic heterocycles. The summed E-state index contributed by atoms with van der Waals surface area (Å²) in [5, 5.41) is 6.15. The van der Waals surface area contributed by atoms with Crippen LogP contribution in [0.1, 0.15) is 25.6 Å². The van der Waals surface area contributed by atoms with Crippen LogP contribution in [0.15, 0.2) is 70.8 Å². The average molecular weight is 521 g/mol. The summed E-state index contributed by atoms with van der Waals surface area (Å²) in [6.07, 6.45) is 5.06. The van der Waals surface area contributed by atoms with Gasteiger partial charge in [0.25, 0.3) is 11.8 Å². The van der Waals surface area contributed by atoms with Crippen LogP contribution in [0, 0.1) is 0 Å². The van der Waals surface area contributed by atoms with E-state index < -0.39 is 21.7 Å². The van der Waals surface area contributed by atoms with Gasteiger partial charge in [0.1, 0.15) is 5.01 Å². The quantitative estimate of drug-likeness (QED) is 0.410. The third-order valence-corrected chi connectivity index (χ3v) is 8.38. The van der Waals surface area contributed by atoms with Crippen LogP contribution in [0.3, 0.4) is 0 Å². The van der Waals surface area contributed by atoms with Crippen molar-refractivity contribution in [3.05, 3.63) is 77.1 Å². The number of anilines is 2. The van der Waals surface area contributed by atoms with E-state index in [1.165, 1.54) is 41.7 Å². The number of hydrogen-bond acceptors (Lipinski definition) is 9. The van der Waals surface area contributed by atoms with Gasteiger partial charge < -0.3 is 15.5 Å². The van der Waals surface area contributed by atoms with Crippen LogP contribution in [-0.2, 0) is 16.4 Å². The standard InChI is InChI=1S/C24H20N6O4S2/c1-30(2)24-27-10-15(11-28-24)23-26-13-16(35-23)12-25-21(31)14-7-8-20-18(9-14)29-22(32)17-5-3-4-6-19(17)36(20,33)34/h3-11,13H,12H2,1-2H3,(H,25,31)(H,29,32). The van der Waals surface area contributed by atoms with Crippen LogP contribution in [0.4, 0.5) is 11.6 Å².